The van der Waals surface area contributed by atoms with Crippen LogP contribution in [0.4, 0.5) is 0 Å². The van der Waals surface area contributed by atoms with Crippen LogP contribution in [0.5, 0.6) is 0 Å². The van der Waals surface area contributed by atoms with E-state index >= 15 is 0 Å². The topological polar surface area (TPSA) is 46.8 Å². The fraction of sp³-hybridized carbons (Fsp3) is 0.368. The molecule has 2 aliphatic rings. The number of hydrogen-bond donors (Lipinski definition) is 0. The third kappa shape index (κ3) is 9.53. The Kier molecular flexibility index (Phi) is 13.7. The van der Waals surface area contributed by atoms with Gasteiger partial charge >= 0.3 is 0 Å². The molecule has 340 valence electrons. The van der Waals surface area contributed by atoms with Crippen LogP contribution in [0.2, 0.25) is 0 Å². The monoisotopic (exact) mass is 932 g/mol. The summed E-state index contributed by atoms with van der Waals surface area (Å²) in [6.07, 6.45) is 18.1. The molecule has 6 nitrogen and oxygen atoms in total. The second kappa shape index (κ2) is 20.6. The van der Waals surface area contributed by atoms with Gasteiger partial charge in [0.15, 0.2) is 6.29 Å². The molecule has 9 aromatic rings. The smallest absolute Gasteiger partial charge is 0.224 e. The predicted octanol–water partition coefficient (Wildman–Crippen LogP) is 16.8. The van der Waals surface area contributed by atoms with Gasteiger partial charge in [-0.3, -0.25) is 0 Å². The van der Waals surface area contributed by atoms with Crippen LogP contribution >= 0.6 is 34.0 Å². The molecule has 0 aliphatic carbocycles. The Morgan fingerprint density at radius 1 is 0.439 bits per heavy atom. The standard InChI is InChI=1S/C57H60N2O4S3/c1(3-5-7-15-35-60-56-22-12-16-36-61-56)2-4-6-14-34-58-46-20-10-8-18-42(46)44-38-40(24-26-47(44)58)50-28-30-52(64-50)54-32-33-55(66-54)53-31-29-51(65-53)41-25-27-49-45(39-41)43-19-9-11-21-48(43)59(49)63-57-23-13-17-37-62-57/h8-11,18-21,24-33,38-39,56-57H,1-7,12-17,22-23,34-37H2. The summed E-state index contributed by atoms with van der Waals surface area (Å²) in [7, 11) is 0. The second-order valence-corrected chi connectivity index (χ2v) is 21.4. The van der Waals surface area contributed by atoms with E-state index in [1.807, 2.05) is 38.7 Å². The summed E-state index contributed by atoms with van der Waals surface area (Å²) >= 11 is 5.65. The molecule has 0 bridgehead atoms. The largest absolute Gasteiger partial charge is 0.381 e. The molecular weight excluding hydrogens is 873 g/mol. The average molecular weight is 933 g/mol. The summed E-state index contributed by atoms with van der Waals surface area (Å²) in [5, 5.41) is 5.11. The van der Waals surface area contributed by atoms with Gasteiger partial charge in [-0.15, -0.1) is 34.0 Å². The number of ether oxygens (including phenoxy) is 3. The van der Waals surface area contributed by atoms with E-state index in [1.54, 1.807) is 0 Å². The van der Waals surface area contributed by atoms with Crippen LogP contribution in [0.15, 0.2) is 121 Å². The first kappa shape index (κ1) is 43.8. The molecule has 2 unspecified atom stereocenters. The fourth-order valence-corrected chi connectivity index (χ4v) is 13.3. The van der Waals surface area contributed by atoms with Crippen LogP contribution < -0.4 is 4.84 Å². The van der Waals surface area contributed by atoms with Gasteiger partial charge in [0.05, 0.1) is 17.6 Å². The van der Waals surface area contributed by atoms with Gasteiger partial charge in [0.25, 0.3) is 0 Å². The molecule has 2 aliphatic heterocycles. The predicted molar refractivity (Wildman–Crippen MR) is 279 cm³/mol. The number of unbranched alkanes of at least 4 members (excludes halogenated alkanes) is 8. The van der Waals surface area contributed by atoms with Crippen molar-refractivity contribution in [1.29, 1.82) is 0 Å². The minimum Gasteiger partial charge on any atom is -0.381 e. The van der Waals surface area contributed by atoms with Crippen LogP contribution in [0.25, 0.3) is 84.0 Å². The molecule has 0 saturated carbocycles. The quantitative estimate of drug-likeness (QED) is 0.0758. The number of fused-ring (bicyclic) bond motifs is 6. The minimum atomic E-state index is -0.211. The first-order valence-corrected chi connectivity index (χ1v) is 27.1. The maximum absolute atomic E-state index is 6.47. The highest BCUT2D eigenvalue weighted by Crippen LogP contribution is 2.45. The van der Waals surface area contributed by atoms with Gasteiger partial charge in [-0.2, -0.15) is 4.73 Å². The molecule has 2 fully saturated rings. The Labute approximate surface area is 400 Å². The van der Waals surface area contributed by atoms with E-state index in [9.17, 15) is 0 Å². The lowest BCUT2D eigenvalue weighted by atomic mass is 10.1. The number of para-hydroxylation sites is 2. The van der Waals surface area contributed by atoms with Crippen molar-refractivity contribution < 1.29 is 19.0 Å². The zero-order valence-corrected chi connectivity index (χ0v) is 40.3. The summed E-state index contributed by atoms with van der Waals surface area (Å²) in [5.41, 5.74) is 7.37. The highest BCUT2D eigenvalue weighted by Gasteiger charge is 2.21. The van der Waals surface area contributed by atoms with Crippen molar-refractivity contribution in [3.63, 3.8) is 0 Å². The zero-order chi connectivity index (χ0) is 44.1. The minimum absolute atomic E-state index is 0.0550. The summed E-state index contributed by atoms with van der Waals surface area (Å²) in [6, 6.07) is 45.2. The van der Waals surface area contributed by atoms with Crippen molar-refractivity contribution in [3.05, 3.63) is 121 Å². The van der Waals surface area contributed by atoms with Crippen molar-refractivity contribution in [3.8, 4) is 40.4 Å². The average Bonchev–Trinajstić information content (AvgIpc) is 4.23. The fourth-order valence-electron chi connectivity index (χ4n) is 10.1. The Morgan fingerprint density at radius 3 is 1.53 bits per heavy atom. The molecule has 0 amide bonds. The van der Waals surface area contributed by atoms with Gasteiger partial charge in [-0.05, 0) is 129 Å². The number of nitrogens with zero attached hydrogens (tertiary/aromatic N) is 2. The molecule has 0 N–H and O–H groups in total. The molecular formula is C57H60N2O4S3. The van der Waals surface area contributed by atoms with E-state index < -0.39 is 0 Å². The van der Waals surface area contributed by atoms with E-state index in [1.165, 1.54) is 137 Å². The molecule has 0 radical (unpaired) electrons. The number of thiophene rings is 3. The van der Waals surface area contributed by atoms with Crippen LogP contribution in [0, 0.1) is 0 Å². The lowest BCUT2D eigenvalue weighted by Gasteiger charge is -2.24. The summed E-state index contributed by atoms with van der Waals surface area (Å²) < 4.78 is 22.1. The lowest BCUT2D eigenvalue weighted by molar-refractivity contribution is -0.162. The van der Waals surface area contributed by atoms with Crippen LogP contribution in [0.3, 0.4) is 0 Å². The number of aryl methyl sites for hydroxylation is 1. The summed E-state index contributed by atoms with van der Waals surface area (Å²) in [6.45, 7) is 3.54. The first-order valence-electron chi connectivity index (χ1n) is 24.6. The zero-order valence-electron chi connectivity index (χ0n) is 37.9. The maximum atomic E-state index is 6.47. The summed E-state index contributed by atoms with van der Waals surface area (Å²) in [4.78, 5) is 14.3. The van der Waals surface area contributed by atoms with Gasteiger partial charge in [-0.1, -0.05) is 93.5 Å². The molecule has 2 saturated heterocycles. The number of hydrogen-bond acceptors (Lipinski definition) is 7. The number of benzene rings is 4. The van der Waals surface area contributed by atoms with Gasteiger partial charge < -0.3 is 23.6 Å². The second-order valence-electron chi connectivity index (χ2n) is 18.2. The van der Waals surface area contributed by atoms with Crippen molar-refractivity contribution in [2.75, 3.05) is 19.8 Å². The normalized spacial score (nSPS) is 16.9. The lowest BCUT2D eigenvalue weighted by Crippen LogP contribution is -2.30. The van der Waals surface area contributed by atoms with Crippen molar-refractivity contribution >= 4 is 77.6 Å². The van der Waals surface area contributed by atoms with Crippen molar-refractivity contribution in [1.82, 2.24) is 9.30 Å². The Balaban J connectivity index is 0.715. The van der Waals surface area contributed by atoms with Crippen LogP contribution in [0.1, 0.15) is 96.3 Å². The van der Waals surface area contributed by atoms with E-state index in [4.69, 9.17) is 19.0 Å². The van der Waals surface area contributed by atoms with E-state index in [0.717, 1.165) is 69.5 Å². The molecule has 2 atom stereocenters. The van der Waals surface area contributed by atoms with Crippen molar-refractivity contribution in [2.45, 2.75) is 115 Å². The van der Waals surface area contributed by atoms with E-state index in [0.29, 0.717) is 0 Å². The van der Waals surface area contributed by atoms with Gasteiger partial charge in [0.2, 0.25) is 6.29 Å². The van der Waals surface area contributed by atoms with Gasteiger partial charge in [-0.25, -0.2) is 0 Å². The maximum Gasteiger partial charge on any atom is 0.224 e. The number of rotatable bonds is 19. The van der Waals surface area contributed by atoms with Crippen LogP contribution in [-0.4, -0.2) is 41.7 Å². The third-order valence-corrected chi connectivity index (χ3v) is 17.3. The van der Waals surface area contributed by atoms with Gasteiger partial charge in [0, 0.05) is 88.0 Å². The van der Waals surface area contributed by atoms with E-state index in [2.05, 4.69) is 126 Å². The first-order chi connectivity index (χ1) is 32.7. The van der Waals surface area contributed by atoms with Crippen LogP contribution in [-0.2, 0) is 20.8 Å². The molecule has 9 heteroatoms. The Hall–Kier alpha value is -4.74. The third-order valence-electron chi connectivity index (χ3n) is 13.6. The molecule has 4 aromatic carbocycles. The Morgan fingerprint density at radius 2 is 0.909 bits per heavy atom. The molecule has 66 heavy (non-hydrogen) atoms. The molecule has 7 heterocycles. The van der Waals surface area contributed by atoms with Gasteiger partial charge in [0.1, 0.15) is 0 Å². The molecule has 5 aromatic heterocycles. The molecule has 11 rings (SSSR count). The van der Waals surface area contributed by atoms with Crippen molar-refractivity contribution in [2.24, 2.45) is 0 Å². The highest BCUT2D eigenvalue weighted by atomic mass is 32.1. The SMILES string of the molecule is c1ccc2c(c1)c1cc(-c3ccc(-c4ccc(-c5ccc(-c6ccc7c(c6)c6ccccc6n7OC6CCCCO6)s5)s4)s3)ccc1n2CCCCCCCCCCCOC1CCCCO1. The molecule has 0 spiro atoms. The van der Waals surface area contributed by atoms with E-state index in [-0.39, 0.29) is 12.6 Å². The summed E-state index contributed by atoms with van der Waals surface area (Å²) in [5.74, 6) is 0. The number of aromatic nitrogens is 2. The highest BCUT2D eigenvalue weighted by molar-refractivity contribution is 7.27. The Bertz CT molecular complexity index is 3030.